The third-order valence-corrected chi connectivity index (χ3v) is 2.30. The SMILES string of the molecule is CC(C)N[C@@H](C)COCCC(=O)C(C)(C)C. The monoisotopic (exact) mass is 229 g/mol. The molecular weight excluding hydrogens is 202 g/mol. The zero-order valence-electron chi connectivity index (χ0n) is 11.6. The van der Waals surface area contributed by atoms with E-state index in [0.717, 1.165) is 0 Å². The lowest BCUT2D eigenvalue weighted by Crippen LogP contribution is -2.36. The minimum absolute atomic E-state index is 0.245. The number of hydrogen-bond acceptors (Lipinski definition) is 3. The molecule has 0 heterocycles. The molecule has 1 N–H and O–H groups in total. The van der Waals surface area contributed by atoms with E-state index in [1.807, 2.05) is 20.8 Å². The van der Waals surface area contributed by atoms with Gasteiger partial charge in [0, 0.05) is 23.9 Å². The summed E-state index contributed by atoms with van der Waals surface area (Å²) in [4.78, 5) is 11.6. The van der Waals surface area contributed by atoms with Gasteiger partial charge in [0.2, 0.25) is 0 Å². The second kappa shape index (κ2) is 7.02. The number of rotatable bonds is 7. The van der Waals surface area contributed by atoms with Crippen molar-refractivity contribution in [3.05, 3.63) is 0 Å². The normalized spacial score (nSPS) is 14.2. The van der Waals surface area contributed by atoms with Gasteiger partial charge >= 0.3 is 0 Å². The van der Waals surface area contributed by atoms with Crippen LogP contribution >= 0.6 is 0 Å². The molecule has 0 aliphatic carbocycles. The topological polar surface area (TPSA) is 38.3 Å². The van der Waals surface area contributed by atoms with Crippen LogP contribution < -0.4 is 5.32 Å². The third kappa shape index (κ3) is 7.83. The van der Waals surface area contributed by atoms with Gasteiger partial charge in [-0.25, -0.2) is 0 Å². The quantitative estimate of drug-likeness (QED) is 0.681. The predicted molar refractivity (Wildman–Crippen MR) is 67.6 cm³/mol. The maximum Gasteiger partial charge on any atom is 0.140 e. The van der Waals surface area contributed by atoms with Crippen molar-refractivity contribution in [2.24, 2.45) is 5.41 Å². The van der Waals surface area contributed by atoms with E-state index in [9.17, 15) is 4.79 Å². The summed E-state index contributed by atoms with van der Waals surface area (Å²) in [6.07, 6.45) is 0.512. The Hall–Kier alpha value is -0.410. The highest BCUT2D eigenvalue weighted by atomic mass is 16.5. The van der Waals surface area contributed by atoms with Gasteiger partial charge in [-0.3, -0.25) is 4.79 Å². The Kier molecular flexibility index (Phi) is 6.84. The first-order valence-corrected chi connectivity index (χ1v) is 6.10. The summed E-state index contributed by atoms with van der Waals surface area (Å²) in [6, 6.07) is 0.805. The number of Topliss-reactive ketones (excluding diaryl/α,β-unsaturated/α-hetero) is 1. The summed E-state index contributed by atoms with van der Waals surface area (Å²) < 4.78 is 5.48. The van der Waals surface area contributed by atoms with Crippen LogP contribution in [0.3, 0.4) is 0 Å². The third-order valence-electron chi connectivity index (χ3n) is 2.30. The van der Waals surface area contributed by atoms with Gasteiger partial charge in [0.25, 0.3) is 0 Å². The van der Waals surface area contributed by atoms with Crippen LogP contribution in [0.1, 0.15) is 48.0 Å². The van der Waals surface area contributed by atoms with Crippen molar-refractivity contribution in [3.63, 3.8) is 0 Å². The average molecular weight is 229 g/mol. The number of nitrogens with one attached hydrogen (secondary N) is 1. The average Bonchev–Trinajstić information content (AvgIpc) is 2.09. The number of carbonyl (C=O) groups excluding carboxylic acids is 1. The van der Waals surface area contributed by atoms with E-state index in [1.54, 1.807) is 0 Å². The lowest BCUT2D eigenvalue weighted by Gasteiger charge is -2.18. The first-order valence-electron chi connectivity index (χ1n) is 6.10. The van der Waals surface area contributed by atoms with Crippen LogP contribution in [-0.2, 0) is 9.53 Å². The molecule has 0 bridgehead atoms. The van der Waals surface area contributed by atoms with Crippen molar-refractivity contribution in [2.75, 3.05) is 13.2 Å². The van der Waals surface area contributed by atoms with E-state index in [2.05, 4.69) is 26.1 Å². The lowest BCUT2D eigenvalue weighted by atomic mass is 9.89. The van der Waals surface area contributed by atoms with E-state index in [-0.39, 0.29) is 11.2 Å². The van der Waals surface area contributed by atoms with Gasteiger partial charge in [0.15, 0.2) is 0 Å². The number of carbonyl (C=O) groups is 1. The Morgan fingerprint density at radius 3 is 2.25 bits per heavy atom. The molecule has 0 aliphatic heterocycles. The van der Waals surface area contributed by atoms with Crippen molar-refractivity contribution in [1.29, 1.82) is 0 Å². The van der Waals surface area contributed by atoms with E-state index in [0.29, 0.717) is 31.7 Å². The summed E-state index contributed by atoms with van der Waals surface area (Å²) in [6.45, 7) is 13.3. The second-order valence-electron chi connectivity index (χ2n) is 5.72. The molecule has 0 radical (unpaired) electrons. The fourth-order valence-corrected chi connectivity index (χ4v) is 1.42. The molecule has 0 aromatic heterocycles. The van der Waals surface area contributed by atoms with Crippen LogP contribution in [0.4, 0.5) is 0 Å². The van der Waals surface area contributed by atoms with E-state index in [4.69, 9.17) is 4.74 Å². The van der Waals surface area contributed by atoms with Gasteiger partial charge in [0.1, 0.15) is 5.78 Å². The van der Waals surface area contributed by atoms with E-state index >= 15 is 0 Å². The standard InChI is InChI=1S/C13H27NO2/c1-10(2)14-11(3)9-16-8-7-12(15)13(4,5)6/h10-11,14H,7-9H2,1-6H3/t11-/m0/s1. The predicted octanol–water partition coefficient (Wildman–Crippen LogP) is 2.39. The highest BCUT2D eigenvalue weighted by Gasteiger charge is 2.20. The van der Waals surface area contributed by atoms with E-state index < -0.39 is 0 Å². The molecule has 0 saturated heterocycles. The molecule has 0 fully saturated rings. The molecule has 0 saturated carbocycles. The molecule has 0 amide bonds. The molecule has 3 nitrogen and oxygen atoms in total. The van der Waals surface area contributed by atoms with Crippen LogP contribution in [0.5, 0.6) is 0 Å². The Morgan fingerprint density at radius 2 is 1.81 bits per heavy atom. The summed E-state index contributed by atoms with van der Waals surface area (Å²) in [5.41, 5.74) is -0.245. The van der Waals surface area contributed by atoms with Crippen LogP contribution in [0, 0.1) is 5.41 Å². The molecule has 0 rings (SSSR count). The fourth-order valence-electron chi connectivity index (χ4n) is 1.42. The van der Waals surface area contributed by atoms with Gasteiger partial charge in [-0.05, 0) is 6.92 Å². The Bertz CT molecular complexity index is 206. The van der Waals surface area contributed by atoms with Gasteiger partial charge in [0.05, 0.1) is 13.2 Å². The Balaban J connectivity index is 3.57. The molecular formula is C13H27NO2. The zero-order chi connectivity index (χ0) is 12.8. The maximum atomic E-state index is 11.6. The van der Waals surface area contributed by atoms with Crippen molar-refractivity contribution >= 4 is 5.78 Å². The number of ether oxygens (including phenoxy) is 1. The number of hydrogen-bond donors (Lipinski definition) is 1. The van der Waals surface area contributed by atoms with Crippen LogP contribution in [-0.4, -0.2) is 31.1 Å². The molecule has 0 unspecified atom stereocenters. The minimum Gasteiger partial charge on any atom is -0.379 e. The van der Waals surface area contributed by atoms with Gasteiger partial charge in [-0.2, -0.15) is 0 Å². The van der Waals surface area contributed by atoms with Crippen LogP contribution in [0.25, 0.3) is 0 Å². The summed E-state index contributed by atoms with van der Waals surface area (Å²) in [5, 5.41) is 3.35. The molecule has 0 aromatic carbocycles. The summed E-state index contributed by atoms with van der Waals surface area (Å²) in [5.74, 6) is 0.261. The highest BCUT2D eigenvalue weighted by molar-refractivity contribution is 5.83. The van der Waals surface area contributed by atoms with Crippen molar-refractivity contribution in [1.82, 2.24) is 5.32 Å². The minimum atomic E-state index is -0.245. The molecule has 1 atom stereocenters. The molecule has 3 heteroatoms. The van der Waals surface area contributed by atoms with Crippen LogP contribution in [0.15, 0.2) is 0 Å². The first kappa shape index (κ1) is 15.6. The number of ketones is 1. The van der Waals surface area contributed by atoms with Crippen molar-refractivity contribution in [2.45, 2.75) is 60.0 Å². The Morgan fingerprint density at radius 1 is 1.25 bits per heavy atom. The Labute approximate surface area is 99.9 Å². The highest BCUT2D eigenvalue weighted by Crippen LogP contribution is 2.16. The van der Waals surface area contributed by atoms with E-state index in [1.165, 1.54) is 0 Å². The molecule has 0 spiro atoms. The van der Waals surface area contributed by atoms with Crippen LogP contribution in [0.2, 0.25) is 0 Å². The molecule has 16 heavy (non-hydrogen) atoms. The smallest absolute Gasteiger partial charge is 0.140 e. The molecule has 96 valence electrons. The van der Waals surface area contributed by atoms with Gasteiger partial charge in [-0.15, -0.1) is 0 Å². The second-order valence-corrected chi connectivity index (χ2v) is 5.72. The first-order chi connectivity index (χ1) is 7.23. The zero-order valence-corrected chi connectivity index (χ0v) is 11.6. The molecule has 0 aliphatic rings. The van der Waals surface area contributed by atoms with Crippen molar-refractivity contribution < 1.29 is 9.53 Å². The fraction of sp³-hybridized carbons (Fsp3) is 0.923. The maximum absolute atomic E-state index is 11.6. The summed E-state index contributed by atoms with van der Waals surface area (Å²) in [7, 11) is 0. The van der Waals surface area contributed by atoms with Gasteiger partial charge in [-0.1, -0.05) is 34.6 Å². The van der Waals surface area contributed by atoms with Crippen molar-refractivity contribution in [3.8, 4) is 0 Å². The largest absolute Gasteiger partial charge is 0.379 e. The molecule has 0 aromatic rings. The summed E-state index contributed by atoms with van der Waals surface area (Å²) >= 11 is 0. The van der Waals surface area contributed by atoms with Gasteiger partial charge < -0.3 is 10.1 Å². The lowest BCUT2D eigenvalue weighted by molar-refractivity contribution is -0.127.